The zero-order chi connectivity index (χ0) is 27.4. The number of benzene rings is 3. The van der Waals surface area contributed by atoms with Crippen molar-refractivity contribution in [1.82, 2.24) is 9.88 Å². The molecule has 1 aliphatic rings. The van der Waals surface area contributed by atoms with Crippen molar-refractivity contribution in [3.63, 3.8) is 0 Å². The third-order valence-electron chi connectivity index (χ3n) is 6.64. The standard InChI is InChI=1S/C30H32N4O5/c1-19-5-6-21(33-30(35)32-20-7-9-22(10-8-20)38-23-12-14-34(2)18-23)15-27(19)39-26-11-13-31-25-17-29(37-4)28(36-3)16-24(25)26/h5-11,13,15-17,23H,12,14,18H2,1-4H3,(H2,32,33,35). The molecule has 2 N–H and O–H groups in total. The number of urea groups is 1. The molecule has 2 amide bonds. The minimum atomic E-state index is -0.359. The summed E-state index contributed by atoms with van der Waals surface area (Å²) in [4.78, 5) is 19.4. The van der Waals surface area contributed by atoms with Crippen molar-refractivity contribution in [2.24, 2.45) is 0 Å². The van der Waals surface area contributed by atoms with Gasteiger partial charge in [0.05, 0.1) is 19.7 Å². The van der Waals surface area contributed by atoms with Crippen LogP contribution in [0, 0.1) is 6.92 Å². The fraction of sp³-hybridized carbons (Fsp3) is 0.267. The Morgan fingerprint density at radius 2 is 1.62 bits per heavy atom. The van der Waals surface area contributed by atoms with E-state index in [1.807, 2.05) is 55.5 Å². The molecule has 1 fully saturated rings. The van der Waals surface area contributed by atoms with Gasteiger partial charge in [0.2, 0.25) is 0 Å². The number of rotatable bonds is 8. The molecular weight excluding hydrogens is 496 g/mol. The Kier molecular flexibility index (Phi) is 7.69. The highest BCUT2D eigenvalue weighted by atomic mass is 16.5. The summed E-state index contributed by atoms with van der Waals surface area (Å²) in [5.41, 5.74) is 2.88. The zero-order valence-electron chi connectivity index (χ0n) is 22.5. The topological polar surface area (TPSA) is 94.2 Å². The lowest BCUT2D eigenvalue weighted by Crippen LogP contribution is -2.21. The van der Waals surface area contributed by atoms with Gasteiger partial charge in [-0.2, -0.15) is 0 Å². The van der Waals surface area contributed by atoms with Crippen LogP contribution in [-0.4, -0.2) is 56.4 Å². The van der Waals surface area contributed by atoms with E-state index in [0.29, 0.717) is 39.9 Å². The summed E-state index contributed by atoms with van der Waals surface area (Å²) in [5, 5.41) is 6.51. The first-order valence-corrected chi connectivity index (χ1v) is 12.7. The Morgan fingerprint density at radius 3 is 2.33 bits per heavy atom. The van der Waals surface area contributed by atoms with E-state index in [-0.39, 0.29) is 12.1 Å². The molecule has 3 aromatic carbocycles. The molecule has 1 unspecified atom stereocenters. The molecule has 1 aromatic heterocycles. The lowest BCUT2D eigenvalue weighted by Gasteiger charge is -2.15. The quantitative estimate of drug-likeness (QED) is 0.286. The van der Waals surface area contributed by atoms with Gasteiger partial charge in [0.15, 0.2) is 11.5 Å². The number of hydrogen-bond acceptors (Lipinski definition) is 7. The van der Waals surface area contributed by atoms with Crippen LogP contribution in [0.15, 0.2) is 66.9 Å². The van der Waals surface area contributed by atoms with Crippen LogP contribution in [-0.2, 0) is 0 Å². The lowest BCUT2D eigenvalue weighted by atomic mass is 10.1. The van der Waals surface area contributed by atoms with Crippen molar-refractivity contribution in [2.75, 3.05) is 45.0 Å². The number of nitrogens with one attached hydrogen (secondary N) is 2. The van der Waals surface area contributed by atoms with E-state index in [9.17, 15) is 4.79 Å². The van der Waals surface area contributed by atoms with E-state index in [4.69, 9.17) is 18.9 Å². The van der Waals surface area contributed by atoms with Crippen molar-refractivity contribution < 1.29 is 23.7 Å². The van der Waals surface area contributed by atoms with Crippen molar-refractivity contribution in [3.8, 4) is 28.7 Å². The summed E-state index contributed by atoms with van der Waals surface area (Å²) >= 11 is 0. The third kappa shape index (κ3) is 6.15. The number of pyridine rings is 1. The number of likely N-dealkylation sites (tertiary alicyclic amines) is 1. The molecule has 1 atom stereocenters. The first-order valence-electron chi connectivity index (χ1n) is 12.7. The molecule has 0 saturated carbocycles. The molecule has 1 aliphatic heterocycles. The second-order valence-corrected chi connectivity index (χ2v) is 9.51. The number of ether oxygens (including phenoxy) is 4. The van der Waals surface area contributed by atoms with E-state index >= 15 is 0 Å². The number of methoxy groups -OCH3 is 2. The van der Waals surface area contributed by atoms with Crippen molar-refractivity contribution in [3.05, 3.63) is 72.4 Å². The molecular formula is C30H32N4O5. The molecule has 202 valence electrons. The smallest absolute Gasteiger partial charge is 0.323 e. The second kappa shape index (κ2) is 11.5. The van der Waals surface area contributed by atoms with Crippen LogP contribution in [0.4, 0.5) is 16.2 Å². The van der Waals surface area contributed by atoms with Gasteiger partial charge < -0.3 is 34.5 Å². The fourth-order valence-electron chi connectivity index (χ4n) is 4.54. The number of anilines is 2. The Balaban J connectivity index is 1.26. The molecule has 0 bridgehead atoms. The maximum atomic E-state index is 12.7. The highest BCUT2D eigenvalue weighted by molar-refractivity contribution is 6.00. The normalized spacial score (nSPS) is 15.1. The summed E-state index contributed by atoms with van der Waals surface area (Å²) in [6.45, 7) is 3.91. The number of aryl methyl sites for hydroxylation is 1. The van der Waals surface area contributed by atoms with E-state index in [1.54, 1.807) is 32.5 Å². The average Bonchev–Trinajstić information content (AvgIpc) is 3.35. The SMILES string of the molecule is COc1cc2nccc(Oc3cc(NC(=O)Nc4ccc(OC5CCN(C)C5)cc4)ccc3C)c2cc1OC. The lowest BCUT2D eigenvalue weighted by molar-refractivity contribution is 0.208. The van der Waals surface area contributed by atoms with Crippen LogP contribution >= 0.6 is 0 Å². The Bertz CT molecular complexity index is 1470. The second-order valence-electron chi connectivity index (χ2n) is 9.51. The van der Waals surface area contributed by atoms with Gasteiger partial charge in [0, 0.05) is 48.2 Å². The zero-order valence-corrected chi connectivity index (χ0v) is 22.5. The summed E-state index contributed by atoms with van der Waals surface area (Å²) in [6.07, 6.45) is 2.89. The molecule has 9 heteroatoms. The van der Waals surface area contributed by atoms with Gasteiger partial charge in [0.1, 0.15) is 23.4 Å². The van der Waals surface area contributed by atoms with Crippen molar-refractivity contribution in [1.29, 1.82) is 0 Å². The maximum absolute atomic E-state index is 12.7. The molecule has 1 saturated heterocycles. The van der Waals surface area contributed by atoms with Crippen LogP contribution in [0.2, 0.25) is 0 Å². The molecule has 0 radical (unpaired) electrons. The Morgan fingerprint density at radius 1 is 0.897 bits per heavy atom. The molecule has 2 heterocycles. The minimum Gasteiger partial charge on any atom is -0.493 e. The number of nitrogens with zero attached hydrogens (tertiary/aromatic N) is 2. The number of carbonyl (C=O) groups is 1. The van der Waals surface area contributed by atoms with Crippen LogP contribution < -0.4 is 29.6 Å². The monoisotopic (exact) mass is 528 g/mol. The largest absolute Gasteiger partial charge is 0.493 e. The van der Waals surface area contributed by atoms with E-state index in [2.05, 4.69) is 27.6 Å². The molecule has 5 rings (SSSR count). The highest BCUT2D eigenvalue weighted by Gasteiger charge is 2.20. The van der Waals surface area contributed by atoms with Gasteiger partial charge in [-0.25, -0.2) is 4.79 Å². The van der Waals surface area contributed by atoms with Crippen LogP contribution in [0.3, 0.4) is 0 Å². The molecule has 39 heavy (non-hydrogen) atoms. The summed E-state index contributed by atoms with van der Waals surface area (Å²) in [6, 6.07) is 18.0. The number of likely N-dealkylation sites (N-methyl/N-ethyl adjacent to an activating group) is 1. The first kappa shape index (κ1) is 26.1. The van der Waals surface area contributed by atoms with Crippen molar-refractivity contribution in [2.45, 2.75) is 19.4 Å². The van der Waals surface area contributed by atoms with Crippen LogP contribution in [0.1, 0.15) is 12.0 Å². The van der Waals surface area contributed by atoms with Gasteiger partial charge in [-0.05, 0) is 68.4 Å². The summed E-state index contributed by atoms with van der Waals surface area (Å²) < 4.78 is 23.2. The third-order valence-corrected chi connectivity index (χ3v) is 6.64. The van der Waals surface area contributed by atoms with E-state index in [1.165, 1.54) is 0 Å². The van der Waals surface area contributed by atoms with E-state index < -0.39 is 0 Å². The highest BCUT2D eigenvalue weighted by Crippen LogP contribution is 2.38. The number of aromatic nitrogens is 1. The molecule has 4 aromatic rings. The fourth-order valence-corrected chi connectivity index (χ4v) is 4.54. The van der Waals surface area contributed by atoms with Gasteiger partial charge in [-0.15, -0.1) is 0 Å². The predicted octanol–water partition coefficient (Wildman–Crippen LogP) is 6.08. The van der Waals surface area contributed by atoms with Crippen LogP contribution in [0.5, 0.6) is 28.7 Å². The minimum absolute atomic E-state index is 0.199. The van der Waals surface area contributed by atoms with Gasteiger partial charge in [-0.1, -0.05) is 6.07 Å². The molecule has 0 spiro atoms. The number of fused-ring (bicyclic) bond motifs is 1. The van der Waals surface area contributed by atoms with Crippen molar-refractivity contribution >= 4 is 28.3 Å². The van der Waals surface area contributed by atoms with Crippen LogP contribution in [0.25, 0.3) is 10.9 Å². The molecule has 9 nitrogen and oxygen atoms in total. The average molecular weight is 529 g/mol. The van der Waals surface area contributed by atoms with Gasteiger partial charge in [0.25, 0.3) is 0 Å². The number of amides is 2. The Hall–Kier alpha value is -4.50. The Labute approximate surface area is 227 Å². The van der Waals surface area contributed by atoms with Gasteiger partial charge >= 0.3 is 6.03 Å². The molecule has 0 aliphatic carbocycles. The predicted molar refractivity (Wildman–Crippen MR) is 152 cm³/mol. The number of hydrogen-bond donors (Lipinski definition) is 2. The van der Waals surface area contributed by atoms with Gasteiger partial charge in [-0.3, -0.25) is 4.98 Å². The number of carbonyl (C=O) groups excluding carboxylic acids is 1. The summed E-state index contributed by atoms with van der Waals surface area (Å²) in [5.74, 6) is 3.18. The first-order chi connectivity index (χ1) is 18.9. The maximum Gasteiger partial charge on any atom is 0.323 e. The van der Waals surface area contributed by atoms with E-state index in [0.717, 1.165) is 36.2 Å². The summed E-state index contributed by atoms with van der Waals surface area (Å²) in [7, 11) is 5.26.